The van der Waals surface area contributed by atoms with Gasteiger partial charge < -0.3 is 5.32 Å². The van der Waals surface area contributed by atoms with Crippen LogP contribution < -0.4 is 5.32 Å². The first-order valence-corrected chi connectivity index (χ1v) is 4.87. The number of hydrogen-bond donors (Lipinski definition) is 1. The number of anilines is 1. The fourth-order valence-electron chi connectivity index (χ4n) is 1.04. The molecular weight excluding hydrogens is 176 g/mol. The zero-order valence-electron chi connectivity index (χ0n) is 8.87. The number of pyridine rings is 1. The van der Waals surface area contributed by atoms with Gasteiger partial charge in [-0.05, 0) is 31.0 Å². The summed E-state index contributed by atoms with van der Waals surface area (Å²) in [4.78, 5) is 15.6. The Hall–Kier alpha value is -1.38. The van der Waals surface area contributed by atoms with E-state index < -0.39 is 0 Å². The molecule has 1 N–H and O–H groups in total. The van der Waals surface area contributed by atoms with Gasteiger partial charge in [-0.3, -0.25) is 4.79 Å². The Morgan fingerprint density at radius 2 is 2.36 bits per heavy atom. The summed E-state index contributed by atoms with van der Waals surface area (Å²) >= 11 is 0. The Morgan fingerprint density at radius 1 is 1.64 bits per heavy atom. The molecule has 0 bridgehead atoms. The second-order valence-corrected chi connectivity index (χ2v) is 3.52. The summed E-state index contributed by atoms with van der Waals surface area (Å²) < 4.78 is 0. The molecule has 0 radical (unpaired) electrons. The number of aromatic nitrogens is 1. The van der Waals surface area contributed by atoms with E-state index in [0.717, 1.165) is 12.0 Å². The minimum atomic E-state index is 0.0330. The second kappa shape index (κ2) is 4.74. The molecule has 0 aliphatic heterocycles. The number of aryl methyl sites for hydroxylation is 1. The van der Waals surface area contributed by atoms with Crippen molar-refractivity contribution in [1.29, 1.82) is 0 Å². The van der Waals surface area contributed by atoms with Crippen LogP contribution in [0.15, 0.2) is 18.3 Å². The van der Waals surface area contributed by atoms with E-state index in [2.05, 4.69) is 10.3 Å². The van der Waals surface area contributed by atoms with Gasteiger partial charge in [0.1, 0.15) is 5.82 Å². The summed E-state index contributed by atoms with van der Waals surface area (Å²) in [6.45, 7) is 5.87. The lowest BCUT2D eigenvalue weighted by molar-refractivity contribution is -0.119. The minimum Gasteiger partial charge on any atom is -0.310 e. The lowest BCUT2D eigenvalue weighted by Gasteiger charge is -2.09. The predicted octanol–water partition coefficient (Wildman–Crippen LogP) is 2.37. The first kappa shape index (κ1) is 10.7. The van der Waals surface area contributed by atoms with Crippen LogP contribution in [0.5, 0.6) is 0 Å². The highest BCUT2D eigenvalue weighted by atomic mass is 16.1. The molecule has 0 aromatic carbocycles. The smallest absolute Gasteiger partial charge is 0.228 e. The van der Waals surface area contributed by atoms with E-state index in [1.807, 2.05) is 32.9 Å². The van der Waals surface area contributed by atoms with Crippen LogP contribution in [0.2, 0.25) is 0 Å². The predicted molar refractivity (Wildman–Crippen MR) is 57.1 cm³/mol. The van der Waals surface area contributed by atoms with Crippen molar-refractivity contribution in [2.45, 2.75) is 27.2 Å². The summed E-state index contributed by atoms with van der Waals surface area (Å²) in [6, 6.07) is 3.76. The molecule has 0 unspecified atom stereocenters. The van der Waals surface area contributed by atoms with Crippen LogP contribution in [0.25, 0.3) is 0 Å². The molecule has 3 heteroatoms. The van der Waals surface area contributed by atoms with Gasteiger partial charge in [-0.1, -0.05) is 13.8 Å². The summed E-state index contributed by atoms with van der Waals surface area (Å²) in [7, 11) is 0. The molecule has 76 valence electrons. The Morgan fingerprint density at radius 3 is 2.93 bits per heavy atom. The molecule has 1 atom stereocenters. The average molecular weight is 192 g/mol. The van der Waals surface area contributed by atoms with E-state index in [4.69, 9.17) is 0 Å². The van der Waals surface area contributed by atoms with Gasteiger partial charge in [-0.25, -0.2) is 4.98 Å². The van der Waals surface area contributed by atoms with Crippen LogP contribution in [0, 0.1) is 12.8 Å². The number of carbonyl (C=O) groups excluding carboxylic acids is 1. The van der Waals surface area contributed by atoms with E-state index in [1.165, 1.54) is 0 Å². The van der Waals surface area contributed by atoms with Crippen LogP contribution >= 0.6 is 0 Å². The molecule has 0 aliphatic carbocycles. The summed E-state index contributed by atoms with van der Waals surface area (Å²) in [5.74, 6) is 0.707. The third kappa shape index (κ3) is 2.83. The molecule has 1 amide bonds. The van der Waals surface area contributed by atoms with Crippen LogP contribution in [0.1, 0.15) is 25.8 Å². The van der Waals surface area contributed by atoms with Gasteiger partial charge in [0.2, 0.25) is 5.91 Å². The van der Waals surface area contributed by atoms with Gasteiger partial charge in [0.25, 0.3) is 0 Å². The van der Waals surface area contributed by atoms with Crippen molar-refractivity contribution in [3.05, 3.63) is 23.9 Å². The molecule has 1 rings (SSSR count). The number of nitrogens with zero attached hydrogens (tertiary/aromatic N) is 1. The molecular formula is C11H16N2O. The Labute approximate surface area is 84.6 Å². The maximum absolute atomic E-state index is 11.5. The van der Waals surface area contributed by atoms with Crippen LogP contribution in [0.3, 0.4) is 0 Å². The Bertz CT molecular complexity index is 323. The largest absolute Gasteiger partial charge is 0.310 e. The zero-order valence-corrected chi connectivity index (χ0v) is 8.87. The molecule has 1 aromatic rings. The molecule has 3 nitrogen and oxygen atoms in total. The molecule has 0 saturated carbocycles. The highest BCUT2D eigenvalue weighted by molar-refractivity contribution is 5.91. The number of nitrogens with one attached hydrogen (secondary N) is 1. The monoisotopic (exact) mass is 192 g/mol. The van der Waals surface area contributed by atoms with Crippen LogP contribution in [-0.4, -0.2) is 10.9 Å². The minimum absolute atomic E-state index is 0.0330. The highest BCUT2D eigenvalue weighted by Crippen LogP contribution is 2.08. The molecule has 1 heterocycles. The van der Waals surface area contributed by atoms with Crippen LogP contribution in [-0.2, 0) is 4.79 Å². The van der Waals surface area contributed by atoms with Crippen molar-refractivity contribution in [2.24, 2.45) is 5.92 Å². The quantitative estimate of drug-likeness (QED) is 0.798. The van der Waals surface area contributed by atoms with Gasteiger partial charge in [0.05, 0.1) is 0 Å². The number of carbonyl (C=O) groups is 1. The SMILES string of the molecule is CC[C@H](C)C(=O)Nc1cc(C)ccn1. The normalized spacial score (nSPS) is 12.2. The molecule has 0 saturated heterocycles. The Kier molecular flexibility index (Phi) is 3.63. The van der Waals surface area contributed by atoms with Gasteiger partial charge >= 0.3 is 0 Å². The summed E-state index contributed by atoms with van der Waals surface area (Å²) in [6.07, 6.45) is 2.54. The number of rotatable bonds is 3. The van der Waals surface area contributed by atoms with Gasteiger partial charge in [0, 0.05) is 12.1 Å². The molecule has 0 fully saturated rings. The van der Waals surface area contributed by atoms with E-state index in [1.54, 1.807) is 6.20 Å². The second-order valence-electron chi connectivity index (χ2n) is 3.52. The molecule has 14 heavy (non-hydrogen) atoms. The van der Waals surface area contributed by atoms with Crippen molar-refractivity contribution >= 4 is 11.7 Å². The lowest BCUT2D eigenvalue weighted by atomic mass is 10.1. The van der Waals surface area contributed by atoms with Crippen molar-refractivity contribution < 1.29 is 4.79 Å². The van der Waals surface area contributed by atoms with Crippen molar-refractivity contribution in [1.82, 2.24) is 4.98 Å². The fraction of sp³-hybridized carbons (Fsp3) is 0.455. The third-order valence-electron chi connectivity index (χ3n) is 2.23. The van der Waals surface area contributed by atoms with E-state index >= 15 is 0 Å². The first-order chi connectivity index (χ1) is 6.63. The fourth-order valence-corrected chi connectivity index (χ4v) is 1.04. The van der Waals surface area contributed by atoms with Gasteiger partial charge in [-0.15, -0.1) is 0 Å². The van der Waals surface area contributed by atoms with Gasteiger partial charge in [-0.2, -0.15) is 0 Å². The van der Waals surface area contributed by atoms with E-state index in [9.17, 15) is 4.79 Å². The number of hydrogen-bond acceptors (Lipinski definition) is 2. The molecule has 1 aromatic heterocycles. The lowest BCUT2D eigenvalue weighted by Crippen LogP contribution is -2.20. The number of amides is 1. The van der Waals surface area contributed by atoms with Crippen molar-refractivity contribution in [2.75, 3.05) is 5.32 Å². The standard InChI is InChI=1S/C11H16N2O/c1-4-9(3)11(14)13-10-7-8(2)5-6-12-10/h5-7,9H,4H2,1-3H3,(H,12,13,14)/t9-/m0/s1. The zero-order chi connectivity index (χ0) is 10.6. The van der Waals surface area contributed by atoms with Crippen LogP contribution in [0.4, 0.5) is 5.82 Å². The summed E-state index contributed by atoms with van der Waals surface area (Å²) in [5.41, 5.74) is 1.10. The summed E-state index contributed by atoms with van der Waals surface area (Å²) in [5, 5.41) is 2.78. The maximum atomic E-state index is 11.5. The molecule has 0 spiro atoms. The van der Waals surface area contributed by atoms with E-state index in [-0.39, 0.29) is 11.8 Å². The maximum Gasteiger partial charge on any atom is 0.228 e. The topological polar surface area (TPSA) is 42.0 Å². The highest BCUT2D eigenvalue weighted by Gasteiger charge is 2.10. The molecule has 0 aliphatic rings. The van der Waals surface area contributed by atoms with Crippen molar-refractivity contribution in [3.8, 4) is 0 Å². The van der Waals surface area contributed by atoms with Gasteiger partial charge in [0.15, 0.2) is 0 Å². The average Bonchev–Trinajstić information content (AvgIpc) is 2.16. The first-order valence-electron chi connectivity index (χ1n) is 4.87. The van der Waals surface area contributed by atoms with Crippen molar-refractivity contribution in [3.63, 3.8) is 0 Å². The third-order valence-corrected chi connectivity index (χ3v) is 2.23. The van der Waals surface area contributed by atoms with E-state index in [0.29, 0.717) is 5.82 Å². The Balaban J connectivity index is 2.65.